The molecule has 1 aromatic heterocycles. The van der Waals surface area contributed by atoms with Crippen LogP contribution in [-0.2, 0) is 16.0 Å². The van der Waals surface area contributed by atoms with Gasteiger partial charge in [0, 0.05) is 44.9 Å². The first-order chi connectivity index (χ1) is 11.1. The van der Waals surface area contributed by atoms with Crippen LogP contribution in [0.15, 0.2) is 24.4 Å². The van der Waals surface area contributed by atoms with Gasteiger partial charge in [0.05, 0.1) is 6.54 Å². The Morgan fingerprint density at radius 3 is 2.91 bits per heavy atom. The van der Waals surface area contributed by atoms with Gasteiger partial charge in [-0.1, -0.05) is 6.07 Å². The van der Waals surface area contributed by atoms with Crippen molar-refractivity contribution in [3.63, 3.8) is 0 Å². The summed E-state index contributed by atoms with van der Waals surface area (Å²) >= 11 is 0. The Labute approximate surface area is 136 Å². The number of carbonyl (C=O) groups excluding carboxylic acids is 2. The van der Waals surface area contributed by atoms with Gasteiger partial charge in [-0.15, -0.1) is 0 Å². The van der Waals surface area contributed by atoms with Gasteiger partial charge in [0.2, 0.25) is 5.91 Å². The average molecular weight is 317 g/mol. The maximum absolute atomic E-state index is 12.4. The van der Waals surface area contributed by atoms with E-state index in [-0.39, 0.29) is 12.0 Å². The highest BCUT2D eigenvalue weighted by Crippen LogP contribution is 2.32. The normalized spacial score (nSPS) is 24.7. The Balaban J connectivity index is 1.53. The van der Waals surface area contributed by atoms with Crippen molar-refractivity contribution in [2.24, 2.45) is 0 Å². The number of ether oxygens (including phenoxy) is 1. The third-order valence-electron chi connectivity index (χ3n) is 4.71. The molecular formula is C17H23N3O3. The predicted octanol–water partition coefficient (Wildman–Crippen LogP) is 1.85. The van der Waals surface area contributed by atoms with Gasteiger partial charge in [-0.05, 0) is 31.4 Å². The molecule has 124 valence electrons. The third-order valence-corrected chi connectivity index (χ3v) is 4.71. The van der Waals surface area contributed by atoms with Crippen LogP contribution in [0.3, 0.4) is 0 Å². The molecule has 3 heterocycles. The third kappa shape index (κ3) is 3.63. The highest BCUT2D eigenvalue weighted by molar-refractivity contribution is 5.76. The van der Waals surface area contributed by atoms with Crippen LogP contribution in [-0.4, -0.2) is 59.1 Å². The van der Waals surface area contributed by atoms with E-state index in [1.54, 1.807) is 18.1 Å². The van der Waals surface area contributed by atoms with Gasteiger partial charge in [-0.25, -0.2) is 4.79 Å². The van der Waals surface area contributed by atoms with Crippen molar-refractivity contribution in [1.29, 1.82) is 0 Å². The van der Waals surface area contributed by atoms with Gasteiger partial charge in [0.1, 0.15) is 5.60 Å². The maximum Gasteiger partial charge on any atom is 0.410 e. The van der Waals surface area contributed by atoms with E-state index in [0.717, 1.165) is 31.5 Å². The van der Waals surface area contributed by atoms with Crippen molar-refractivity contribution in [3.05, 3.63) is 30.1 Å². The fourth-order valence-corrected chi connectivity index (χ4v) is 3.41. The molecule has 0 radical (unpaired) electrons. The van der Waals surface area contributed by atoms with Gasteiger partial charge in [0.15, 0.2) is 0 Å². The lowest BCUT2D eigenvalue weighted by molar-refractivity contribution is -0.131. The van der Waals surface area contributed by atoms with E-state index < -0.39 is 5.60 Å². The molecule has 2 saturated heterocycles. The number of aryl methyl sites for hydroxylation is 1. The van der Waals surface area contributed by atoms with Crippen LogP contribution < -0.4 is 0 Å². The number of carbonyl (C=O) groups is 2. The van der Waals surface area contributed by atoms with Gasteiger partial charge in [-0.3, -0.25) is 9.78 Å². The number of rotatable bonds is 3. The second kappa shape index (κ2) is 6.56. The summed E-state index contributed by atoms with van der Waals surface area (Å²) in [5.74, 6) is 0.158. The van der Waals surface area contributed by atoms with Crippen LogP contribution >= 0.6 is 0 Å². The summed E-state index contributed by atoms with van der Waals surface area (Å²) in [5, 5.41) is 0. The molecular weight excluding hydrogens is 294 g/mol. The number of hydrogen-bond acceptors (Lipinski definition) is 4. The smallest absolute Gasteiger partial charge is 0.410 e. The van der Waals surface area contributed by atoms with E-state index in [1.165, 1.54) is 0 Å². The number of aromatic nitrogens is 1. The van der Waals surface area contributed by atoms with Gasteiger partial charge in [-0.2, -0.15) is 0 Å². The second-order valence-corrected chi connectivity index (χ2v) is 6.46. The number of nitrogens with zero attached hydrogens (tertiary/aromatic N) is 3. The molecule has 0 aliphatic carbocycles. The topological polar surface area (TPSA) is 62.7 Å². The fourth-order valence-electron chi connectivity index (χ4n) is 3.41. The lowest BCUT2D eigenvalue weighted by Crippen LogP contribution is -2.36. The second-order valence-electron chi connectivity index (χ2n) is 6.46. The van der Waals surface area contributed by atoms with Crippen LogP contribution in [0.4, 0.5) is 4.79 Å². The van der Waals surface area contributed by atoms with Crippen molar-refractivity contribution in [1.82, 2.24) is 14.8 Å². The highest BCUT2D eigenvalue weighted by Gasteiger charge is 2.44. The molecule has 6 nitrogen and oxygen atoms in total. The number of likely N-dealkylation sites (N-methyl/N-ethyl adjacent to an activating group) is 1. The van der Waals surface area contributed by atoms with Crippen molar-refractivity contribution >= 4 is 12.0 Å². The van der Waals surface area contributed by atoms with Crippen LogP contribution in [0.5, 0.6) is 0 Å². The maximum atomic E-state index is 12.4. The van der Waals surface area contributed by atoms with Gasteiger partial charge in [0.25, 0.3) is 0 Å². The van der Waals surface area contributed by atoms with Gasteiger partial charge < -0.3 is 14.5 Å². The molecule has 0 bridgehead atoms. The molecule has 0 saturated carbocycles. The molecule has 0 aromatic carbocycles. The summed E-state index contributed by atoms with van der Waals surface area (Å²) in [6, 6.07) is 5.76. The Morgan fingerprint density at radius 1 is 1.35 bits per heavy atom. The van der Waals surface area contributed by atoms with E-state index in [4.69, 9.17) is 4.74 Å². The zero-order valence-corrected chi connectivity index (χ0v) is 13.5. The fraction of sp³-hybridized carbons (Fsp3) is 0.588. The van der Waals surface area contributed by atoms with Crippen molar-refractivity contribution < 1.29 is 14.3 Å². The van der Waals surface area contributed by atoms with Crippen LogP contribution in [0.2, 0.25) is 0 Å². The monoisotopic (exact) mass is 317 g/mol. The SMILES string of the molecule is CN1CC2(CCCN(C(=O)CCc3ccccn3)CC2)OC1=O. The zero-order valence-electron chi connectivity index (χ0n) is 13.5. The first-order valence-corrected chi connectivity index (χ1v) is 8.20. The lowest BCUT2D eigenvalue weighted by atomic mass is 9.95. The van der Waals surface area contributed by atoms with E-state index in [2.05, 4.69) is 4.98 Å². The van der Waals surface area contributed by atoms with E-state index in [0.29, 0.717) is 25.9 Å². The average Bonchev–Trinajstić information content (AvgIpc) is 2.72. The number of hydrogen-bond donors (Lipinski definition) is 0. The van der Waals surface area contributed by atoms with Crippen LogP contribution in [0.25, 0.3) is 0 Å². The standard InChI is InChI=1S/C17H23N3O3/c1-19-13-17(23-16(19)22)8-4-11-20(12-9-17)15(21)7-6-14-5-2-3-10-18-14/h2-3,5,10H,4,6-9,11-13H2,1H3. The minimum Gasteiger partial charge on any atom is -0.441 e. The minimum absolute atomic E-state index is 0.158. The summed E-state index contributed by atoms with van der Waals surface area (Å²) < 4.78 is 5.58. The lowest BCUT2D eigenvalue weighted by Gasteiger charge is -2.25. The molecule has 2 aliphatic heterocycles. The summed E-state index contributed by atoms with van der Waals surface area (Å²) in [7, 11) is 1.76. The summed E-state index contributed by atoms with van der Waals surface area (Å²) in [6.07, 6.45) is 5.06. The van der Waals surface area contributed by atoms with Crippen LogP contribution in [0.1, 0.15) is 31.4 Å². The molecule has 2 amide bonds. The van der Waals surface area contributed by atoms with Gasteiger partial charge >= 0.3 is 6.09 Å². The summed E-state index contributed by atoms with van der Waals surface area (Å²) in [5.41, 5.74) is 0.542. The Morgan fingerprint density at radius 2 is 2.22 bits per heavy atom. The molecule has 6 heteroatoms. The number of amides is 2. The van der Waals surface area contributed by atoms with E-state index >= 15 is 0 Å². The quantitative estimate of drug-likeness (QED) is 0.853. The van der Waals surface area contributed by atoms with Crippen molar-refractivity contribution in [2.45, 2.75) is 37.7 Å². The molecule has 2 aliphatic rings. The Kier molecular flexibility index (Phi) is 4.50. The van der Waals surface area contributed by atoms with Crippen molar-refractivity contribution in [2.75, 3.05) is 26.7 Å². The Bertz CT molecular complexity index is 578. The molecule has 23 heavy (non-hydrogen) atoms. The first kappa shape index (κ1) is 15.8. The number of likely N-dealkylation sites (tertiary alicyclic amines) is 1. The molecule has 1 aromatic rings. The van der Waals surface area contributed by atoms with Crippen molar-refractivity contribution in [3.8, 4) is 0 Å². The summed E-state index contributed by atoms with van der Waals surface area (Å²) in [6.45, 7) is 2.02. The molecule has 2 fully saturated rings. The predicted molar refractivity (Wildman–Crippen MR) is 84.8 cm³/mol. The zero-order chi connectivity index (χ0) is 16.3. The highest BCUT2D eigenvalue weighted by atomic mass is 16.6. The molecule has 1 atom stereocenters. The molecule has 3 rings (SSSR count). The van der Waals surface area contributed by atoms with Crippen LogP contribution in [0, 0.1) is 0 Å². The van der Waals surface area contributed by atoms with E-state index in [9.17, 15) is 9.59 Å². The molecule has 0 N–H and O–H groups in total. The first-order valence-electron chi connectivity index (χ1n) is 8.20. The Hall–Kier alpha value is -2.11. The summed E-state index contributed by atoms with van der Waals surface area (Å²) in [4.78, 5) is 31.9. The molecule has 1 spiro atoms. The largest absolute Gasteiger partial charge is 0.441 e. The molecule has 1 unspecified atom stereocenters. The number of pyridine rings is 1. The minimum atomic E-state index is -0.401. The van der Waals surface area contributed by atoms with E-state index in [1.807, 2.05) is 23.1 Å².